The van der Waals surface area contributed by atoms with Gasteiger partial charge in [-0.2, -0.15) is 4.31 Å². The largest absolute Gasteiger partial charge is 0.351 e. The van der Waals surface area contributed by atoms with Crippen molar-refractivity contribution >= 4 is 27.7 Å². The molecule has 0 saturated carbocycles. The summed E-state index contributed by atoms with van der Waals surface area (Å²) in [6.45, 7) is 4.34. The number of likely N-dealkylation sites (N-methyl/N-ethyl adjacent to an activating group) is 1. The van der Waals surface area contributed by atoms with Gasteiger partial charge in [0.05, 0.1) is 11.4 Å². The van der Waals surface area contributed by atoms with Crippen LogP contribution in [0.4, 0.5) is 0 Å². The van der Waals surface area contributed by atoms with Crippen molar-refractivity contribution in [3.05, 3.63) is 59.2 Å². The highest BCUT2D eigenvalue weighted by Gasteiger charge is 2.22. The average Bonchev–Trinajstić information content (AvgIpc) is 2.71. The van der Waals surface area contributed by atoms with Crippen molar-refractivity contribution in [1.29, 1.82) is 0 Å². The van der Waals surface area contributed by atoms with E-state index in [1.54, 1.807) is 36.0 Å². The highest BCUT2D eigenvalue weighted by Crippen LogP contribution is 2.20. The second-order valence-corrected chi connectivity index (χ2v) is 9.45. The number of rotatable bonds is 9. The predicted octanol–water partition coefficient (Wildman–Crippen LogP) is 3.47. The molecule has 0 aromatic heterocycles. The van der Waals surface area contributed by atoms with Gasteiger partial charge in [-0.05, 0) is 60.1 Å². The van der Waals surface area contributed by atoms with E-state index in [1.807, 2.05) is 6.26 Å². The van der Waals surface area contributed by atoms with Gasteiger partial charge in [0.1, 0.15) is 0 Å². The Labute approximate surface area is 172 Å². The molecule has 0 heterocycles. The van der Waals surface area contributed by atoms with Crippen LogP contribution in [0, 0.1) is 0 Å². The van der Waals surface area contributed by atoms with Gasteiger partial charge in [-0.25, -0.2) is 8.42 Å². The van der Waals surface area contributed by atoms with Crippen molar-refractivity contribution in [2.24, 2.45) is 0 Å². The first-order valence-electron chi connectivity index (χ1n) is 9.29. The van der Waals surface area contributed by atoms with Gasteiger partial charge >= 0.3 is 0 Å². The molecule has 0 unspecified atom stereocenters. The van der Waals surface area contributed by atoms with Crippen molar-refractivity contribution in [3.63, 3.8) is 0 Å². The maximum atomic E-state index is 12.7. The Morgan fingerprint density at radius 1 is 1.04 bits per heavy atom. The molecular formula is C21H28N2O3S2. The van der Waals surface area contributed by atoms with Crippen LogP contribution in [0.15, 0.2) is 52.3 Å². The molecule has 28 heavy (non-hydrogen) atoms. The minimum atomic E-state index is -3.70. The lowest BCUT2D eigenvalue weighted by Gasteiger charge is -2.17. The van der Waals surface area contributed by atoms with E-state index in [1.165, 1.54) is 18.2 Å². The summed E-state index contributed by atoms with van der Waals surface area (Å²) in [5.41, 5.74) is 3.48. The second kappa shape index (κ2) is 10.1. The molecule has 1 amide bonds. The van der Waals surface area contributed by atoms with Gasteiger partial charge in [-0.3, -0.25) is 4.79 Å². The molecule has 0 saturated heterocycles. The summed E-state index contributed by atoms with van der Waals surface area (Å²) < 4.78 is 26.4. The Morgan fingerprint density at radius 2 is 1.71 bits per heavy atom. The number of nitrogens with one attached hydrogen (secondary N) is 1. The molecule has 0 aliphatic rings. The molecule has 0 aliphatic carbocycles. The quantitative estimate of drug-likeness (QED) is 0.631. The maximum Gasteiger partial charge on any atom is 0.243 e. The van der Waals surface area contributed by atoms with Crippen LogP contribution in [-0.4, -0.2) is 38.5 Å². The summed E-state index contributed by atoms with van der Waals surface area (Å²) in [7, 11) is -2.28. The molecule has 0 fully saturated rings. The summed E-state index contributed by atoms with van der Waals surface area (Å²) in [5, 5.41) is 2.85. The highest BCUT2D eigenvalue weighted by atomic mass is 32.2. The van der Waals surface area contributed by atoms with Crippen LogP contribution in [-0.2, 0) is 34.2 Å². The highest BCUT2D eigenvalue weighted by molar-refractivity contribution is 7.98. The van der Waals surface area contributed by atoms with Crippen LogP contribution >= 0.6 is 11.8 Å². The van der Waals surface area contributed by atoms with Crippen molar-refractivity contribution in [1.82, 2.24) is 9.62 Å². The molecule has 0 radical (unpaired) electrons. The molecule has 7 heteroatoms. The third-order valence-electron chi connectivity index (χ3n) is 4.67. The molecule has 2 aromatic rings. The number of carbonyl (C=O) groups excluding carboxylic acids is 1. The molecule has 0 spiro atoms. The van der Waals surface area contributed by atoms with E-state index >= 15 is 0 Å². The number of nitrogens with zero attached hydrogens (tertiary/aromatic N) is 1. The topological polar surface area (TPSA) is 66.5 Å². The van der Waals surface area contributed by atoms with Gasteiger partial charge in [-0.15, -0.1) is 11.8 Å². The van der Waals surface area contributed by atoms with Gasteiger partial charge in [-0.1, -0.05) is 32.0 Å². The molecule has 152 valence electrons. The second-order valence-electron chi connectivity index (χ2n) is 6.52. The lowest BCUT2D eigenvalue weighted by atomic mass is 10.0. The Balaban J connectivity index is 2.02. The summed E-state index contributed by atoms with van der Waals surface area (Å²) in [4.78, 5) is 13.5. The molecule has 0 bridgehead atoms. The minimum Gasteiger partial charge on any atom is -0.351 e. The van der Waals surface area contributed by atoms with E-state index in [0.717, 1.165) is 27.6 Å². The molecule has 5 nitrogen and oxygen atoms in total. The van der Waals surface area contributed by atoms with Crippen molar-refractivity contribution in [3.8, 4) is 0 Å². The summed E-state index contributed by atoms with van der Waals surface area (Å²) in [5.74, 6) is -0.323. The number of hydrogen-bond acceptors (Lipinski definition) is 4. The van der Waals surface area contributed by atoms with Gasteiger partial charge in [0.2, 0.25) is 15.9 Å². The van der Waals surface area contributed by atoms with E-state index in [2.05, 4.69) is 37.4 Å². The fraction of sp³-hybridized carbons (Fsp3) is 0.381. The number of amides is 1. The summed E-state index contributed by atoms with van der Waals surface area (Å²) in [6.07, 6.45) is 3.75. The van der Waals surface area contributed by atoms with Crippen molar-refractivity contribution in [2.75, 3.05) is 19.8 Å². The molecule has 0 aliphatic heterocycles. The number of sulfonamides is 1. The molecular weight excluding hydrogens is 392 g/mol. The third kappa shape index (κ3) is 5.59. The Hall–Kier alpha value is -1.83. The van der Waals surface area contributed by atoms with Gasteiger partial charge in [0.15, 0.2) is 0 Å². The van der Waals surface area contributed by atoms with Crippen LogP contribution < -0.4 is 5.32 Å². The Morgan fingerprint density at radius 3 is 2.29 bits per heavy atom. The van der Waals surface area contributed by atoms with Crippen LogP contribution in [0.25, 0.3) is 0 Å². The Kier molecular flexibility index (Phi) is 8.10. The number of benzene rings is 2. The molecule has 2 rings (SSSR count). The first kappa shape index (κ1) is 22.5. The van der Waals surface area contributed by atoms with E-state index in [0.29, 0.717) is 6.54 Å². The fourth-order valence-corrected chi connectivity index (χ4v) is 4.41. The standard InChI is InChI=1S/C21H28N2O3S2/c1-5-16-7-8-17(6-2)18(13-16)14-22-21(24)15-23(3)28(25,26)20-11-9-19(27-4)10-12-20/h7-13H,5-6,14-15H2,1-4H3,(H,22,24). The Bertz CT molecular complexity index is 910. The zero-order chi connectivity index (χ0) is 20.7. The number of carbonyl (C=O) groups is 1. The van der Waals surface area contributed by atoms with Gasteiger partial charge < -0.3 is 5.32 Å². The van der Waals surface area contributed by atoms with Crippen LogP contribution in [0.5, 0.6) is 0 Å². The van der Waals surface area contributed by atoms with E-state index in [-0.39, 0.29) is 17.3 Å². The first-order valence-corrected chi connectivity index (χ1v) is 12.0. The monoisotopic (exact) mass is 420 g/mol. The predicted molar refractivity (Wildman–Crippen MR) is 115 cm³/mol. The average molecular weight is 421 g/mol. The van der Waals surface area contributed by atoms with Crippen molar-refractivity contribution in [2.45, 2.75) is 43.0 Å². The zero-order valence-corrected chi connectivity index (χ0v) is 18.5. The molecule has 1 N–H and O–H groups in total. The normalized spacial score (nSPS) is 11.6. The lowest BCUT2D eigenvalue weighted by Crippen LogP contribution is -2.38. The SMILES string of the molecule is CCc1ccc(CC)c(CNC(=O)CN(C)S(=O)(=O)c2ccc(SC)cc2)c1. The third-order valence-corrected chi connectivity index (χ3v) is 7.23. The molecule has 2 aromatic carbocycles. The van der Waals surface area contributed by atoms with Crippen LogP contribution in [0.3, 0.4) is 0 Å². The molecule has 0 atom stereocenters. The summed E-state index contributed by atoms with van der Waals surface area (Å²) >= 11 is 1.54. The number of hydrogen-bond donors (Lipinski definition) is 1. The zero-order valence-electron chi connectivity index (χ0n) is 16.9. The number of aryl methyl sites for hydroxylation is 2. The van der Waals surface area contributed by atoms with E-state index in [9.17, 15) is 13.2 Å². The van der Waals surface area contributed by atoms with Crippen LogP contribution in [0.1, 0.15) is 30.5 Å². The van der Waals surface area contributed by atoms with E-state index in [4.69, 9.17) is 0 Å². The fourth-order valence-electron chi connectivity index (χ4n) is 2.87. The minimum absolute atomic E-state index is 0.185. The van der Waals surface area contributed by atoms with Gasteiger partial charge in [0, 0.05) is 18.5 Å². The summed E-state index contributed by atoms with van der Waals surface area (Å²) in [6, 6.07) is 13.0. The van der Waals surface area contributed by atoms with Gasteiger partial charge in [0.25, 0.3) is 0 Å². The first-order chi connectivity index (χ1) is 13.3. The smallest absolute Gasteiger partial charge is 0.243 e. The van der Waals surface area contributed by atoms with E-state index < -0.39 is 10.0 Å². The lowest BCUT2D eigenvalue weighted by molar-refractivity contribution is -0.121. The van der Waals surface area contributed by atoms with Crippen LogP contribution in [0.2, 0.25) is 0 Å². The van der Waals surface area contributed by atoms with Crippen molar-refractivity contribution < 1.29 is 13.2 Å². The maximum absolute atomic E-state index is 12.7. The number of thioether (sulfide) groups is 1.